The van der Waals surface area contributed by atoms with Crippen LogP contribution in [0.3, 0.4) is 0 Å². The van der Waals surface area contributed by atoms with Gasteiger partial charge in [-0.25, -0.2) is 0 Å². The minimum Gasteiger partial charge on any atom is -0.493 e. The molecule has 0 bridgehead atoms. The maximum atomic E-state index is 7.53. The fourth-order valence-corrected chi connectivity index (χ4v) is 1.87. The molecular formula is C16H20N2O. The first-order valence-electron chi connectivity index (χ1n) is 6.46. The monoisotopic (exact) mass is 256 g/mol. The molecule has 0 aromatic heterocycles. The van der Waals surface area contributed by atoms with Crippen molar-refractivity contribution in [1.82, 2.24) is 0 Å². The number of amidine groups is 1. The molecule has 0 amide bonds. The first-order chi connectivity index (χ1) is 9.00. The summed E-state index contributed by atoms with van der Waals surface area (Å²) in [6, 6.07) is 14.2. The van der Waals surface area contributed by atoms with Crippen molar-refractivity contribution in [3.63, 3.8) is 0 Å². The smallest absolute Gasteiger partial charge is 0.127 e. The van der Waals surface area contributed by atoms with Crippen LogP contribution < -0.4 is 10.5 Å². The Balaban J connectivity index is 2.09. The van der Waals surface area contributed by atoms with E-state index in [9.17, 15) is 0 Å². The van der Waals surface area contributed by atoms with Crippen molar-refractivity contribution >= 4 is 16.6 Å². The van der Waals surface area contributed by atoms with E-state index in [1.165, 1.54) is 5.39 Å². The zero-order valence-corrected chi connectivity index (χ0v) is 11.4. The second-order valence-corrected chi connectivity index (χ2v) is 5.37. The molecule has 3 heteroatoms. The topological polar surface area (TPSA) is 59.1 Å². The molecule has 0 aliphatic carbocycles. The second kappa shape index (κ2) is 5.31. The molecule has 0 unspecified atom stereocenters. The number of hydrogen-bond donors (Lipinski definition) is 2. The lowest BCUT2D eigenvalue weighted by Gasteiger charge is -2.22. The molecule has 100 valence electrons. The number of fused-ring (bicyclic) bond motifs is 1. The SMILES string of the molecule is CC(C)(CCOc1cccc2ccccc12)C(=N)N. The van der Waals surface area contributed by atoms with Gasteiger partial charge in [-0.1, -0.05) is 50.2 Å². The lowest BCUT2D eigenvalue weighted by molar-refractivity contribution is 0.271. The highest BCUT2D eigenvalue weighted by Gasteiger charge is 2.21. The standard InChI is InChI=1S/C16H20N2O/c1-16(2,15(17)18)10-11-19-14-9-5-7-12-6-3-4-8-13(12)14/h3-9H,10-11H2,1-2H3,(H3,17,18). The lowest BCUT2D eigenvalue weighted by Crippen LogP contribution is -2.32. The first-order valence-corrected chi connectivity index (χ1v) is 6.46. The molecular weight excluding hydrogens is 236 g/mol. The van der Waals surface area contributed by atoms with E-state index in [4.69, 9.17) is 15.9 Å². The van der Waals surface area contributed by atoms with Crippen molar-refractivity contribution in [3.05, 3.63) is 42.5 Å². The summed E-state index contributed by atoms with van der Waals surface area (Å²) < 4.78 is 5.85. The maximum Gasteiger partial charge on any atom is 0.127 e. The molecule has 2 rings (SSSR count). The Labute approximate surface area is 113 Å². The minimum atomic E-state index is -0.315. The van der Waals surface area contributed by atoms with Gasteiger partial charge in [-0.3, -0.25) is 5.41 Å². The Morgan fingerprint density at radius 2 is 1.84 bits per heavy atom. The summed E-state index contributed by atoms with van der Waals surface area (Å²) in [4.78, 5) is 0. The summed E-state index contributed by atoms with van der Waals surface area (Å²) in [6.07, 6.45) is 0.728. The molecule has 0 heterocycles. The Morgan fingerprint density at radius 3 is 2.58 bits per heavy atom. The number of rotatable bonds is 5. The fraction of sp³-hybridized carbons (Fsp3) is 0.312. The third kappa shape index (κ3) is 3.05. The molecule has 0 fully saturated rings. The Bertz CT molecular complexity index is 585. The molecule has 0 saturated heterocycles. The summed E-state index contributed by atoms with van der Waals surface area (Å²) in [6.45, 7) is 4.48. The normalized spacial score (nSPS) is 11.5. The number of benzene rings is 2. The lowest BCUT2D eigenvalue weighted by atomic mass is 9.88. The molecule has 0 radical (unpaired) electrons. The molecule has 2 aromatic carbocycles. The van der Waals surface area contributed by atoms with Crippen LogP contribution >= 0.6 is 0 Å². The van der Waals surface area contributed by atoms with Gasteiger partial charge in [0.2, 0.25) is 0 Å². The molecule has 0 aliphatic rings. The van der Waals surface area contributed by atoms with Gasteiger partial charge >= 0.3 is 0 Å². The van der Waals surface area contributed by atoms with Gasteiger partial charge in [-0.05, 0) is 17.9 Å². The summed E-state index contributed by atoms with van der Waals surface area (Å²) in [5.74, 6) is 1.09. The average Bonchev–Trinajstić information content (AvgIpc) is 2.38. The maximum absolute atomic E-state index is 7.53. The number of ether oxygens (including phenoxy) is 1. The van der Waals surface area contributed by atoms with Crippen LogP contribution in [0.15, 0.2) is 42.5 Å². The first kappa shape index (κ1) is 13.4. The highest BCUT2D eigenvalue weighted by atomic mass is 16.5. The second-order valence-electron chi connectivity index (χ2n) is 5.37. The Hall–Kier alpha value is -2.03. The predicted octanol–water partition coefficient (Wildman–Crippen LogP) is 3.57. The number of nitrogens with one attached hydrogen (secondary N) is 1. The van der Waals surface area contributed by atoms with Crippen molar-refractivity contribution in [3.8, 4) is 5.75 Å². The molecule has 3 nitrogen and oxygen atoms in total. The van der Waals surface area contributed by atoms with Gasteiger partial charge in [0, 0.05) is 10.8 Å². The summed E-state index contributed by atoms with van der Waals surface area (Å²) >= 11 is 0. The summed E-state index contributed by atoms with van der Waals surface area (Å²) in [5, 5.41) is 9.82. The van der Waals surface area contributed by atoms with E-state index in [1.54, 1.807) is 0 Å². The van der Waals surface area contributed by atoms with Gasteiger partial charge in [0.25, 0.3) is 0 Å². The molecule has 2 aromatic rings. The Kier molecular flexibility index (Phi) is 3.74. The van der Waals surface area contributed by atoms with Crippen molar-refractivity contribution < 1.29 is 4.74 Å². The quantitative estimate of drug-likeness (QED) is 0.634. The summed E-state index contributed by atoms with van der Waals surface area (Å²) in [5.41, 5.74) is 5.25. The molecule has 3 N–H and O–H groups in total. The van der Waals surface area contributed by atoms with Crippen molar-refractivity contribution in [2.24, 2.45) is 11.1 Å². The van der Waals surface area contributed by atoms with Crippen molar-refractivity contribution in [1.29, 1.82) is 5.41 Å². The summed E-state index contributed by atoms with van der Waals surface area (Å²) in [7, 11) is 0. The van der Waals surface area contributed by atoms with Gasteiger partial charge in [-0.2, -0.15) is 0 Å². The van der Waals surface area contributed by atoms with E-state index < -0.39 is 0 Å². The van der Waals surface area contributed by atoms with Crippen molar-refractivity contribution in [2.45, 2.75) is 20.3 Å². The van der Waals surface area contributed by atoms with Gasteiger partial charge in [0.05, 0.1) is 12.4 Å². The van der Waals surface area contributed by atoms with Crippen molar-refractivity contribution in [2.75, 3.05) is 6.61 Å². The van der Waals surface area contributed by atoms with E-state index in [1.807, 2.05) is 38.1 Å². The van der Waals surface area contributed by atoms with Crippen LogP contribution in [0.25, 0.3) is 10.8 Å². The molecule has 0 spiro atoms. The fourth-order valence-electron chi connectivity index (χ4n) is 1.87. The largest absolute Gasteiger partial charge is 0.493 e. The van der Waals surface area contributed by atoms with Gasteiger partial charge < -0.3 is 10.5 Å². The van der Waals surface area contributed by atoms with Gasteiger partial charge in [-0.15, -0.1) is 0 Å². The number of nitrogens with two attached hydrogens (primary N) is 1. The van der Waals surface area contributed by atoms with E-state index in [2.05, 4.69) is 18.2 Å². The van der Waals surface area contributed by atoms with Gasteiger partial charge in [0.1, 0.15) is 5.75 Å². The molecule has 0 saturated carbocycles. The van der Waals surface area contributed by atoms with Crippen LogP contribution in [-0.2, 0) is 0 Å². The zero-order chi connectivity index (χ0) is 13.9. The minimum absolute atomic E-state index is 0.203. The average molecular weight is 256 g/mol. The van der Waals surface area contributed by atoms with Crippen LogP contribution in [0.4, 0.5) is 0 Å². The van der Waals surface area contributed by atoms with Gasteiger partial charge in [0.15, 0.2) is 0 Å². The van der Waals surface area contributed by atoms with Crippen LogP contribution in [-0.4, -0.2) is 12.4 Å². The van der Waals surface area contributed by atoms with Crippen LogP contribution in [0.2, 0.25) is 0 Å². The van der Waals surface area contributed by atoms with Crippen LogP contribution in [0.5, 0.6) is 5.75 Å². The van der Waals surface area contributed by atoms with E-state index in [0.717, 1.165) is 17.6 Å². The van der Waals surface area contributed by atoms with E-state index in [-0.39, 0.29) is 11.3 Å². The van der Waals surface area contributed by atoms with E-state index >= 15 is 0 Å². The van der Waals surface area contributed by atoms with Crippen LogP contribution in [0.1, 0.15) is 20.3 Å². The van der Waals surface area contributed by atoms with E-state index in [0.29, 0.717) is 6.61 Å². The zero-order valence-electron chi connectivity index (χ0n) is 11.4. The molecule has 0 atom stereocenters. The predicted molar refractivity (Wildman–Crippen MR) is 79.8 cm³/mol. The third-order valence-electron chi connectivity index (χ3n) is 3.46. The molecule has 19 heavy (non-hydrogen) atoms. The third-order valence-corrected chi connectivity index (χ3v) is 3.46. The van der Waals surface area contributed by atoms with Crippen LogP contribution in [0, 0.1) is 10.8 Å². The highest BCUT2D eigenvalue weighted by molar-refractivity contribution is 5.88. The highest BCUT2D eigenvalue weighted by Crippen LogP contribution is 2.26. The number of hydrogen-bond acceptors (Lipinski definition) is 2. The molecule has 0 aliphatic heterocycles. The Morgan fingerprint density at radius 1 is 1.16 bits per heavy atom.